The second kappa shape index (κ2) is 3.06. The highest BCUT2D eigenvalue weighted by Gasteiger charge is 2.31. The highest BCUT2D eigenvalue weighted by atomic mass is 15.2. The highest BCUT2D eigenvalue weighted by molar-refractivity contribution is 5.36. The number of nitrogens with zero attached hydrogens (tertiary/aromatic N) is 1. The molecule has 1 aliphatic heterocycles. The zero-order valence-corrected chi connectivity index (χ0v) is 8.29. The van der Waals surface area contributed by atoms with Crippen molar-refractivity contribution >= 4 is 0 Å². The minimum absolute atomic E-state index is 0.485. The fourth-order valence-electron chi connectivity index (χ4n) is 2.06. The van der Waals surface area contributed by atoms with Crippen LogP contribution in [-0.4, -0.2) is 18.0 Å². The summed E-state index contributed by atoms with van der Waals surface area (Å²) < 4.78 is 0. The van der Waals surface area contributed by atoms with Crippen molar-refractivity contribution in [1.29, 1.82) is 0 Å². The first-order valence-corrected chi connectivity index (χ1v) is 5.00. The van der Waals surface area contributed by atoms with Gasteiger partial charge in [0.1, 0.15) is 0 Å². The zero-order valence-electron chi connectivity index (χ0n) is 8.29. The van der Waals surface area contributed by atoms with Crippen molar-refractivity contribution in [2.24, 2.45) is 5.92 Å². The van der Waals surface area contributed by atoms with Crippen LogP contribution >= 0.6 is 0 Å². The minimum atomic E-state index is 0.485. The molecule has 0 aromatic carbocycles. The van der Waals surface area contributed by atoms with Gasteiger partial charge in [-0.2, -0.15) is 0 Å². The van der Waals surface area contributed by atoms with E-state index in [4.69, 9.17) is 0 Å². The number of likely N-dealkylation sites (N-methyl/N-ethyl adjacent to an activating group) is 1. The van der Waals surface area contributed by atoms with E-state index in [1.165, 1.54) is 30.5 Å². The molecule has 2 aliphatic rings. The summed E-state index contributed by atoms with van der Waals surface area (Å²) in [6, 6.07) is 0.485. The smallest absolute Gasteiger partial charge is 0.0706 e. The van der Waals surface area contributed by atoms with E-state index in [0.717, 1.165) is 5.92 Å². The zero-order chi connectivity index (χ0) is 9.42. The number of rotatable bonds is 3. The molecule has 1 saturated carbocycles. The fourth-order valence-corrected chi connectivity index (χ4v) is 2.06. The van der Waals surface area contributed by atoms with Gasteiger partial charge in [-0.05, 0) is 36.5 Å². The molecule has 0 aromatic heterocycles. The molecule has 13 heavy (non-hydrogen) atoms. The van der Waals surface area contributed by atoms with Gasteiger partial charge in [0.15, 0.2) is 0 Å². The second-order valence-corrected chi connectivity index (χ2v) is 4.05. The van der Waals surface area contributed by atoms with Gasteiger partial charge >= 0.3 is 0 Å². The quantitative estimate of drug-likeness (QED) is 0.596. The maximum Gasteiger partial charge on any atom is 0.0706 e. The summed E-state index contributed by atoms with van der Waals surface area (Å²) in [5, 5.41) is 0. The molecule has 1 fully saturated rings. The van der Waals surface area contributed by atoms with Crippen LogP contribution in [0.4, 0.5) is 0 Å². The first-order chi connectivity index (χ1) is 6.24. The Balaban J connectivity index is 2.00. The van der Waals surface area contributed by atoms with E-state index in [0.29, 0.717) is 6.04 Å². The summed E-state index contributed by atoms with van der Waals surface area (Å²) in [4.78, 5) is 2.26. The molecule has 1 heterocycles. The third kappa shape index (κ3) is 1.23. The van der Waals surface area contributed by atoms with Crippen molar-refractivity contribution in [2.45, 2.75) is 25.3 Å². The Labute approximate surface area is 80.4 Å². The van der Waals surface area contributed by atoms with Gasteiger partial charge in [0, 0.05) is 12.7 Å². The normalized spacial score (nSPS) is 27.3. The second-order valence-electron chi connectivity index (χ2n) is 4.05. The van der Waals surface area contributed by atoms with Gasteiger partial charge in [-0.3, -0.25) is 0 Å². The largest absolute Gasteiger partial charge is 0.365 e. The molecule has 0 saturated heterocycles. The first kappa shape index (κ1) is 8.61. The third-order valence-electron chi connectivity index (χ3n) is 3.37. The fraction of sp³-hybridized carbons (Fsp3) is 0.500. The maximum absolute atomic E-state index is 4.20. The number of allylic oxidation sites excluding steroid dienone is 1. The van der Waals surface area contributed by atoms with E-state index in [1.54, 1.807) is 0 Å². The van der Waals surface area contributed by atoms with Crippen molar-refractivity contribution < 1.29 is 0 Å². The molecule has 1 atom stereocenters. The van der Waals surface area contributed by atoms with Crippen molar-refractivity contribution in [3.8, 4) is 0 Å². The minimum Gasteiger partial charge on any atom is -0.365 e. The van der Waals surface area contributed by atoms with Crippen LogP contribution in [0.5, 0.6) is 0 Å². The van der Waals surface area contributed by atoms with E-state index in [9.17, 15) is 0 Å². The monoisotopic (exact) mass is 175 g/mol. The van der Waals surface area contributed by atoms with Crippen LogP contribution in [-0.2, 0) is 0 Å². The molecule has 0 radical (unpaired) electrons. The maximum atomic E-state index is 4.20. The van der Waals surface area contributed by atoms with E-state index in [2.05, 4.69) is 31.2 Å². The molecule has 70 valence electrons. The lowest BCUT2D eigenvalue weighted by Crippen LogP contribution is -2.41. The average molecular weight is 175 g/mol. The van der Waals surface area contributed by atoms with Gasteiger partial charge in [0.2, 0.25) is 0 Å². The summed E-state index contributed by atoms with van der Waals surface area (Å²) in [5.41, 5.74) is 2.64. The third-order valence-corrected chi connectivity index (χ3v) is 3.37. The Bertz CT molecular complexity index is 271. The summed E-state index contributed by atoms with van der Waals surface area (Å²) >= 11 is 0. The van der Waals surface area contributed by atoms with Crippen LogP contribution < -0.4 is 0 Å². The van der Waals surface area contributed by atoms with Gasteiger partial charge in [-0.25, -0.2) is 0 Å². The van der Waals surface area contributed by atoms with E-state index >= 15 is 0 Å². The molecule has 0 unspecified atom stereocenters. The van der Waals surface area contributed by atoms with Crippen LogP contribution in [0, 0.1) is 5.92 Å². The lowest BCUT2D eigenvalue weighted by Gasteiger charge is -2.43. The first-order valence-electron chi connectivity index (χ1n) is 5.00. The van der Waals surface area contributed by atoms with Crippen LogP contribution in [0.1, 0.15) is 19.3 Å². The number of hydrogen-bond donors (Lipinski definition) is 0. The SMILES string of the molecule is C=CC1=C[C@@H](C(=C)C2CCC2)N1C. The number of hydrogen-bond acceptors (Lipinski definition) is 1. The van der Waals surface area contributed by atoms with Crippen molar-refractivity contribution in [2.75, 3.05) is 7.05 Å². The lowest BCUT2D eigenvalue weighted by atomic mass is 9.76. The summed E-state index contributed by atoms with van der Waals surface area (Å²) in [5.74, 6) is 0.787. The molecule has 0 spiro atoms. The highest BCUT2D eigenvalue weighted by Crippen LogP contribution is 2.38. The van der Waals surface area contributed by atoms with Gasteiger partial charge in [-0.1, -0.05) is 19.6 Å². The Kier molecular flexibility index (Phi) is 2.03. The van der Waals surface area contributed by atoms with Gasteiger partial charge in [-0.15, -0.1) is 0 Å². The molecule has 0 amide bonds. The van der Waals surface area contributed by atoms with Crippen LogP contribution in [0.15, 0.2) is 36.6 Å². The standard InChI is InChI=1S/C12H17N/c1-4-11-8-12(13(11)3)9(2)10-6-5-7-10/h4,8,10,12H,1-2,5-7H2,3H3/t12-/m0/s1. The predicted octanol–water partition coefficient (Wildman–Crippen LogP) is 2.73. The Morgan fingerprint density at radius 2 is 2.31 bits per heavy atom. The summed E-state index contributed by atoms with van der Waals surface area (Å²) in [7, 11) is 2.12. The van der Waals surface area contributed by atoms with Crippen LogP contribution in [0.3, 0.4) is 0 Å². The van der Waals surface area contributed by atoms with Gasteiger partial charge in [0.05, 0.1) is 6.04 Å². The average Bonchev–Trinajstić information content (AvgIpc) is 1.99. The van der Waals surface area contributed by atoms with Crippen molar-refractivity contribution in [3.05, 3.63) is 36.6 Å². The molecule has 0 bridgehead atoms. The Morgan fingerprint density at radius 3 is 2.69 bits per heavy atom. The predicted molar refractivity (Wildman–Crippen MR) is 56.3 cm³/mol. The summed E-state index contributed by atoms with van der Waals surface area (Å²) in [6.07, 6.45) is 8.25. The van der Waals surface area contributed by atoms with Crippen LogP contribution in [0.25, 0.3) is 0 Å². The molecule has 1 nitrogen and oxygen atoms in total. The molecule has 0 aromatic rings. The Hall–Kier alpha value is -0.980. The lowest BCUT2D eigenvalue weighted by molar-refractivity contribution is 0.280. The Morgan fingerprint density at radius 1 is 1.62 bits per heavy atom. The van der Waals surface area contributed by atoms with E-state index in [-0.39, 0.29) is 0 Å². The summed E-state index contributed by atoms with van der Waals surface area (Å²) in [6.45, 7) is 7.96. The molecular formula is C12H17N. The van der Waals surface area contributed by atoms with Crippen LogP contribution in [0.2, 0.25) is 0 Å². The van der Waals surface area contributed by atoms with Crippen molar-refractivity contribution in [1.82, 2.24) is 4.90 Å². The van der Waals surface area contributed by atoms with E-state index in [1.807, 2.05) is 6.08 Å². The molecule has 1 aliphatic carbocycles. The van der Waals surface area contributed by atoms with Gasteiger partial charge in [0.25, 0.3) is 0 Å². The molecule has 0 N–H and O–H groups in total. The van der Waals surface area contributed by atoms with Crippen molar-refractivity contribution in [3.63, 3.8) is 0 Å². The molecule has 2 rings (SSSR count). The molecule has 1 heteroatoms. The van der Waals surface area contributed by atoms with Gasteiger partial charge < -0.3 is 4.90 Å². The molecular weight excluding hydrogens is 158 g/mol. The van der Waals surface area contributed by atoms with E-state index < -0.39 is 0 Å². The topological polar surface area (TPSA) is 3.24 Å².